The first-order valence-electron chi connectivity index (χ1n) is 13.7. The lowest BCUT2D eigenvalue weighted by Crippen LogP contribution is -2.59. The fraction of sp³-hybridized carbons (Fsp3) is 0.556. The number of primary amides is 1. The molecule has 1 rings (SSSR count). The van der Waals surface area contributed by atoms with Crippen molar-refractivity contribution in [1.82, 2.24) is 21.3 Å². The lowest BCUT2D eigenvalue weighted by molar-refractivity contribution is -0.142. The highest BCUT2D eigenvalue weighted by Crippen LogP contribution is 2.22. The molecule has 11 N–H and O–H groups in total. The molecule has 0 saturated heterocycles. The summed E-state index contributed by atoms with van der Waals surface area (Å²) in [6, 6.07) is -1.84. The van der Waals surface area contributed by atoms with Gasteiger partial charge in [-0.3, -0.25) is 24.0 Å². The Morgan fingerprint density at radius 2 is 1.45 bits per heavy atom. The van der Waals surface area contributed by atoms with Gasteiger partial charge in [0, 0.05) is 0 Å². The number of rotatable bonds is 18. The molecule has 0 fully saturated rings. The lowest BCUT2D eigenvalue weighted by Gasteiger charge is -2.28. The number of hydrogen-bond donors (Lipinski definition) is 9. The van der Waals surface area contributed by atoms with Crippen LogP contribution in [-0.2, 0) is 24.0 Å². The molecular formula is C27H42N6O9. The van der Waals surface area contributed by atoms with Gasteiger partial charge in [0.15, 0.2) is 0 Å². The summed E-state index contributed by atoms with van der Waals surface area (Å²) in [5.41, 5.74) is 10.5. The van der Waals surface area contributed by atoms with Crippen LogP contribution in [0.1, 0.15) is 69.7 Å². The topological polar surface area (TPSA) is 263 Å². The van der Waals surface area contributed by atoms with Crippen molar-refractivity contribution in [2.75, 3.05) is 6.54 Å². The Labute approximate surface area is 243 Å². The smallest absolute Gasteiger partial charge is 0.326 e. The first kappa shape index (κ1) is 35.6. The van der Waals surface area contributed by atoms with Gasteiger partial charge in [-0.15, -0.1) is 0 Å². The highest BCUT2D eigenvalue weighted by Gasteiger charge is 2.34. The van der Waals surface area contributed by atoms with Crippen molar-refractivity contribution in [2.24, 2.45) is 17.4 Å². The van der Waals surface area contributed by atoms with E-state index in [9.17, 15) is 44.1 Å². The summed E-state index contributed by atoms with van der Waals surface area (Å²) in [5.74, 6) is -6.78. The number of nitrogens with two attached hydrogens (primary N) is 2. The number of carboxylic acid groups (broad SMARTS) is 1. The molecule has 0 aliphatic heterocycles. The van der Waals surface area contributed by atoms with Crippen LogP contribution in [0.5, 0.6) is 11.5 Å². The predicted octanol–water partition coefficient (Wildman–Crippen LogP) is -0.804. The van der Waals surface area contributed by atoms with Gasteiger partial charge in [0.2, 0.25) is 23.6 Å². The van der Waals surface area contributed by atoms with E-state index in [0.29, 0.717) is 25.8 Å². The molecule has 1 aromatic carbocycles. The van der Waals surface area contributed by atoms with Crippen molar-refractivity contribution < 1.29 is 44.1 Å². The third kappa shape index (κ3) is 11.2. The van der Waals surface area contributed by atoms with Crippen LogP contribution in [0.2, 0.25) is 0 Å². The number of carboxylic acids is 1. The van der Waals surface area contributed by atoms with Gasteiger partial charge in [0.25, 0.3) is 5.91 Å². The van der Waals surface area contributed by atoms with Crippen LogP contribution in [0.15, 0.2) is 18.2 Å². The summed E-state index contributed by atoms with van der Waals surface area (Å²) in [6.07, 6.45) is 0.920. The van der Waals surface area contributed by atoms with Gasteiger partial charge >= 0.3 is 5.97 Å². The molecule has 0 heterocycles. The lowest BCUT2D eigenvalue weighted by atomic mass is 9.96. The highest BCUT2D eigenvalue weighted by atomic mass is 16.4. The Morgan fingerprint density at radius 3 is 2.00 bits per heavy atom. The van der Waals surface area contributed by atoms with Gasteiger partial charge in [0.1, 0.15) is 35.7 Å². The van der Waals surface area contributed by atoms with Crippen LogP contribution in [0.4, 0.5) is 0 Å². The minimum absolute atomic E-state index is 0.0432. The number of aliphatic carboxylic acids is 1. The Bertz CT molecular complexity index is 1130. The summed E-state index contributed by atoms with van der Waals surface area (Å²) in [4.78, 5) is 75.3. The van der Waals surface area contributed by atoms with Crippen LogP contribution in [0.3, 0.4) is 0 Å². The maximum absolute atomic E-state index is 13.4. The third-order valence-corrected chi connectivity index (χ3v) is 6.65. The third-order valence-electron chi connectivity index (χ3n) is 6.65. The summed E-state index contributed by atoms with van der Waals surface area (Å²) in [7, 11) is 0. The molecule has 0 aliphatic rings. The van der Waals surface area contributed by atoms with Crippen LogP contribution < -0.4 is 32.7 Å². The van der Waals surface area contributed by atoms with Gasteiger partial charge < -0.3 is 48.1 Å². The number of carbonyl (C=O) groups excluding carboxylic acids is 5. The van der Waals surface area contributed by atoms with E-state index in [0.717, 1.165) is 12.1 Å². The standard InChI is InChI=1S/C27H42N6O9/c1-4-14(3)22(26(40)32-19(13-21(29)36)25(39)30-17(5-2)27(41)42)33-24(38)18(8-6-7-11-28)31-23(37)16-12-15(34)9-10-20(16)35/h9-10,12,14,17-19,22,34-35H,4-8,11,13,28H2,1-3H3,(H2,29,36)(H,30,39)(H,31,37)(H,32,40)(H,33,38)(H,41,42)/t14-,17-,18-,19-,22-/m0/s1. The van der Waals surface area contributed by atoms with E-state index in [-0.39, 0.29) is 24.2 Å². The molecule has 5 atom stereocenters. The fourth-order valence-electron chi connectivity index (χ4n) is 3.94. The number of phenolic OH excluding ortho intramolecular Hbond substituents is 2. The second-order valence-electron chi connectivity index (χ2n) is 9.92. The van der Waals surface area contributed by atoms with Gasteiger partial charge in [-0.2, -0.15) is 0 Å². The van der Waals surface area contributed by atoms with Gasteiger partial charge in [-0.25, -0.2) is 4.79 Å². The summed E-state index contributed by atoms with van der Waals surface area (Å²) < 4.78 is 0. The van der Waals surface area contributed by atoms with Crippen molar-refractivity contribution in [3.63, 3.8) is 0 Å². The average Bonchev–Trinajstić information content (AvgIpc) is 2.93. The number of carbonyl (C=O) groups is 6. The maximum Gasteiger partial charge on any atom is 0.326 e. The van der Waals surface area contributed by atoms with E-state index in [1.54, 1.807) is 13.8 Å². The van der Waals surface area contributed by atoms with E-state index in [1.807, 2.05) is 0 Å². The molecule has 234 valence electrons. The van der Waals surface area contributed by atoms with Crippen LogP contribution >= 0.6 is 0 Å². The number of nitrogens with one attached hydrogen (secondary N) is 4. The minimum atomic E-state index is -1.51. The van der Waals surface area contributed by atoms with Crippen LogP contribution in [0, 0.1) is 5.92 Å². The maximum atomic E-state index is 13.4. The molecule has 0 unspecified atom stereocenters. The largest absolute Gasteiger partial charge is 0.508 e. The molecule has 1 aromatic rings. The van der Waals surface area contributed by atoms with Crippen molar-refractivity contribution >= 4 is 35.5 Å². The zero-order valence-corrected chi connectivity index (χ0v) is 24.0. The Morgan fingerprint density at radius 1 is 0.833 bits per heavy atom. The number of aromatic hydroxyl groups is 2. The number of amides is 5. The fourth-order valence-corrected chi connectivity index (χ4v) is 3.94. The van der Waals surface area contributed by atoms with Gasteiger partial charge in [0.05, 0.1) is 12.0 Å². The predicted molar refractivity (Wildman–Crippen MR) is 151 cm³/mol. The van der Waals surface area contributed by atoms with Gasteiger partial charge in [-0.05, 0) is 56.3 Å². The zero-order valence-electron chi connectivity index (χ0n) is 24.0. The molecule has 0 radical (unpaired) electrons. The van der Waals surface area contributed by atoms with Gasteiger partial charge in [-0.1, -0.05) is 27.2 Å². The molecule has 15 nitrogen and oxygen atoms in total. The molecule has 0 aromatic heterocycles. The number of phenols is 2. The zero-order chi connectivity index (χ0) is 32.0. The molecular weight excluding hydrogens is 552 g/mol. The van der Waals surface area contributed by atoms with Crippen LogP contribution in [-0.4, -0.2) is 81.5 Å². The molecule has 42 heavy (non-hydrogen) atoms. The summed E-state index contributed by atoms with van der Waals surface area (Å²) in [6.45, 7) is 5.28. The molecule has 0 saturated carbocycles. The van der Waals surface area contributed by atoms with E-state index in [4.69, 9.17) is 11.5 Å². The second kappa shape index (κ2) is 17.4. The van der Waals surface area contributed by atoms with E-state index in [2.05, 4.69) is 21.3 Å². The number of hydrogen-bond acceptors (Lipinski definition) is 9. The molecule has 0 aliphatic carbocycles. The first-order valence-corrected chi connectivity index (χ1v) is 13.7. The first-order chi connectivity index (χ1) is 19.7. The van der Waals surface area contributed by atoms with Crippen molar-refractivity contribution in [3.8, 4) is 11.5 Å². The Kier molecular flexibility index (Phi) is 14.8. The average molecular weight is 595 g/mol. The Hall–Kier alpha value is -4.40. The minimum Gasteiger partial charge on any atom is -0.508 e. The van der Waals surface area contributed by atoms with E-state index < -0.39 is 77.8 Å². The molecule has 0 spiro atoms. The summed E-state index contributed by atoms with van der Waals surface area (Å²) in [5, 5.41) is 38.7. The second-order valence-corrected chi connectivity index (χ2v) is 9.92. The Balaban J connectivity index is 3.20. The van der Waals surface area contributed by atoms with Crippen LogP contribution in [0.25, 0.3) is 0 Å². The monoisotopic (exact) mass is 594 g/mol. The SMILES string of the molecule is CC[C@H](NC(=O)[C@H](CC(N)=O)NC(=O)[C@@H](NC(=O)[C@H](CCCCN)NC(=O)c1cc(O)ccc1O)[C@@H](C)CC)C(=O)O. The van der Waals surface area contributed by atoms with Crippen molar-refractivity contribution in [2.45, 2.75) is 83.5 Å². The molecule has 5 amide bonds. The van der Waals surface area contributed by atoms with E-state index >= 15 is 0 Å². The highest BCUT2D eigenvalue weighted by molar-refractivity contribution is 6.01. The summed E-state index contributed by atoms with van der Waals surface area (Å²) >= 11 is 0. The molecule has 15 heteroatoms. The number of unbranched alkanes of at least 4 members (excludes halogenated alkanes) is 1. The molecule has 0 bridgehead atoms. The normalized spacial score (nSPS) is 14.4. The van der Waals surface area contributed by atoms with E-state index in [1.165, 1.54) is 13.0 Å². The quantitative estimate of drug-likeness (QED) is 0.0754. The van der Waals surface area contributed by atoms with Crippen molar-refractivity contribution in [1.29, 1.82) is 0 Å². The van der Waals surface area contributed by atoms with Crippen molar-refractivity contribution in [3.05, 3.63) is 23.8 Å². The number of benzene rings is 1.